The second kappa shape index (κ2) is 7.97. The zero-order valence-corrected chi connectivity index (χ0v) is 11.9. The van der Waals surface area contributed by atoms with Crippen LogP contribution in [0.5, 0.6) is 0 Å². The van der Waals surface area contributed by atoms with E-state index in [1.54, 1.807) is 25.1 Å². The van der Waals surface area contributed by atoms with Crippen LogP contribution in [0.1, 0.15) is 25.8 Å². The third-order valence-corrected chi connectivity index (χ3v) is 3.46. The van der Waals surface area contributed by atoms with Crippen LogP contribution >= 0.6 is 0 Å². The molecule has 0 aliphatic rings. The molecule has 0 aliphatic heterocycles. The minimum absolute atomic E-state index is 0.0721. The van der Waals surface area contributed by atoms with Crippen molar-refractivity contribution in [2.45, 2.75) is 32.9 Å². The number of rotatable bonds is 8. The Morgan fingerprint density at radius 1 is 1.40 bits per heavy atom. The highest BCUT2D eigenvalue weighted by Gasteiger charge is 2.22. The lowest BCUT2D eigenvalue weighted by Gasteiger charge is -2.31. The molecule has 1 aromatic rings. The van der Waals surface area contributed by atoms with Crippen molar-refractivity contribution in [2.75, 3.05) is 13.2 Å². The lowest BCUT2D eigenvalue weighted by molar-refractivity contribution is -0.142. The maximum atomic E-state index is 13.7. The maximum Gasteiger partial charge on any atom is 0.307 e. The summed E-state index contributed by atoms with van der Waals surface area (Å²) in [4.78, 5) is 12.8. The number of aliphatic carboxylic acids is 1. The molecule has 0 aliphatic carbocycles. The molecule has 0 bridgehead atoms. The number of hydrogen-bond acceptors (Lipinski definition) is 3. The number of nitrogens with zero attached hydrogens (tertiary/aromatic N) is 1. The summed E-state index contributed by atoms with van der Waals surface area (Å²) in [6, 6.07) is 6.26. The molecule has 0 amide bonds. The molecular weight excluding hydrogens is 261 g/mol. The molecule has 0 radical (unpaired) electrons. The minimum atomic E-state index is -0.892. The Balaban J connectivity index is 2.87. The van der Waals surface area contributed by atoms with Crippen molar-refractivity contribution in [3.8, 4) is 0 Å². The van der Waals surface area contributed by atoms with Gasteiger partial charge in [-0.05, 0) is 12.5 Å². The summed E-state index contributed by atoms with van der Waals surface area (Å²) in [5, 5.41) is 18.4. The molecular formula is C15H22FNO3. The van der Waals surface area contributed by atoms with E-state index in [1.807, 2.05) is 11.8 Å². The summed E-state index contributed by atoms with van der Waals surface area (Å²) in [7, 11) is 0. The van der Waals surface area contributed by atoms with Crippen molar-refractivity contribution in [1.82, 2.24) is 4.90 Å². The van der Waals surface area contributed by atoms with E-state index in [1.165, 1.54) is 6.07 Å². The van der Waals surface area contributed by atoms with Crippen LogP contribution in [-0.2, 0) is 11.3 Å². The van der Waals surface area contributed by atoms with Crippen LogP contribution in [0, 0.1) is 11.7 Å². The van der Waals surface area contributed by atoms with Gasteiger partial charge in [-0.3, -0.25) is 9.69 Å². The van der Waals surface area contributed by atoms with Gasteiger partial charge >= 0.3 is 5.97 Å². The number of aliphatic hydroxyl groups excluding tert-OH is 1. The normalized spacial score (nSPS) is 14.2. The van der Waals surface area contributed by atoms with Crippen LogP contribution in [0.4, 0.5) is 4.39 Å². The summed E-state index contributed by atoms with van der Waals surface area (Å²) in [6.45, 7) is 4.03. The maximum absolute atomic E-state index is 13.7. The van der Waals surface area contributed by atoms with Crippen molar-refractivity contribution in [1.29, 1.82) is 0 Å². The van der Waals surface area contributed by atoms with Crippen molar-refractivity contribution in [3.05, 3.63) is 35.6 Å². The summed E-state index contributed by atoms with van der Waals surface area (Å²) in [6.07, 6.45) is 0.678. The molecule has 0 heterocycles. The number of carboxylic acid groups (broad SMARTS) is 1. The second-order valence-corrected chi connectivity index (χ2v) is 5.00. The predicted octanol–water partition coefficient (Wildman–Crippen LogP) is 2.12. The topological polar surface area (TPSA) is 60.8 Å². The highest BCUT2D eigenvalue weighted by atomic mass is 19.1. The number of hydrogen-bond donors (Lipinski definition) is 2. The van der Waals surface area contributed by atoms with E-state index in [0.717, 1.165) is 0 Å². The van der Waals surface area contributed by atoms with Gasteiger partial charge in [0.25, 0.3) is 0 Å². The van der Waals surface area contributed by atoms with Gasteiger partial charge in [0.2, 0.25) is 0 Å². The first-order valence-electron chi connectivity index (χ1n) is 6.80. The van der Waals surface area contributed by atoms with Gasteiger partial charge in [0.05, 0.1) is 12.5 Å². The number of carboxylic acids is 1. The van der Waals surface area contributed by atoms with Crippen molar-refractivity contribution >= 4 is 5.97 Å². The average molecular weight is 283 g/mol. The molecule has 0 saturated heterocycles. The van der Waals surface area contributed by atoms with Gasteiger partial charge in [-0.15, -0.1) is 0 Å². The SMILES string of the molecule is CCC(CO)N(Cc1ccccc1F)CC(C)C(=O)O. The van der Waals surface area contributed by atoms with Crippen molar-refractivity contribution in [2.24, 2.45) is 5.92 Å². The van der Waals surface area contributed by atoms with Crippen LogP contribution < -0.4 is 0 Å². The highest BCUT2D eigenvalue weighted by Crippen LogP contribution is 2.15. The lowest BCUT2D eigenvalue weighted by atomic mass is 10.1. The van der Waals surface area contributed by atoms with Gasteiger partial charge in [0.15, 0.2) is 0 Å². The van der Waals surface area contributed by atoms with Gasteiger partial charge in [-0.25, -0.2) is 4.39 Å². The van der Waals surface area contributed by atoms with Crippen LogP contribution in [-0.4, -0.2) is 40.3 Å². The fourth-order valence-corrected chi connectivity index (χ4v) is 2.12. The highest BCUT2D eigenvalue weighted by molar-refractivity contribution is 5.69. The van der Waals surface area contributed by atoms with E-state index in [9.17, 15) is 14.3 Å². The first-order valence-corrected chi connectivity index (χ1v) is 6.80. The molecule has 2 unspecified atom stereocenters. The zero-order valence-electron chi connectivity index (χ0n) is 11.9. The van der Waals surface area contributed by atoms with Gasteiger partial charge in [0.1, 0.15) is 5.82 Å². The zero-order chi connectivity index (χ0) is 15.1. The Kier molecular flexibility index (Phi) is 6.61. The molecule has 0 spiro atoms. The Hall–Kier alpha value is -1.46. The van der Waals surface area contributed by atoms with E-state index in [2.05, 4.69) is 0 Å². The summed E-state index contributed by atoms with van der Waals surface area (Å²) < 4.78 is 13.7. The van der Waals surface area contributed by atoms with Gasteiger partial charge < -0.3 is 10.2 Å². The first-order chi connectivity index (χ1) is 9.49. The van der Waals surface area contributed by atoms with E-state index in [0.29, 0.717) is 18.5 Å². The monoisotopic (exact) mass is 283 g/mol. The molecule has 5 heteroatoms. The Morgan fingerprint density at radius 3 is 2.55 bits per heavy atom. The summed E-state index contributed by atoms with van der Waals surface area (Å²) in [5.74, 6) is -1.77. The van der Waals surface area contributed by atoms with Gasteiger partial charge in [-0.1, -0.05) is 32.0 Å². The third-order valence-electron chi connectivity index (χ3n) is 3.46. The lowest BCUT2D eigenvalue weighted by Crippen LogP contribution is -2.41. The molecule has 0 saturated carbocycles. The number of carbonyl (C=O) groups is 1. The second-order valence-electron chi connectivity index (χ2n) is 5.00. The Morgan fingerprint density at radius 2 is 2.05 bits per heavy atom. The Bertz CT molecular complexity index is 435. The Labute approximate surface area is 118 Å². The third kappa shape index (κ3) is 4.58. The number of benzene rings is 1. The molecule has 2 N–H and O–H groups in total. The molecule has 0 fully saturated rings. The fraction of sp³-hybridized carbons (Fsp3) is 0.533. The molecule has 112 valence electrons. The summed E-state index contributed by atoms with van der Waals surface area (Å²) in [5.41, 5.74) is 0.511. The predicted molar refractivity (Wildman–Crippen MR) is 74.8 cm³/mol. The molecule has 1 rings (SSSR count). The van der Waals surface area contributed by atoms with Crippen LogP contribution in [0.3, 0.4) is 0 Å². The smallest absolute Gasteiger partial charge is 0.307 e. The van der Waals surface area contributed by atoms with Crippen LogP contribution in [0.15, 0.2) is 24.3 Å². The van der Waals surface area contributed by atoms with Crippen molar-refractivity contribution in [3.63, 3.8) is 0 Å². The molecule has 4 nitrogen and oxygen atoms in total. The number of halogens is 1. The first kappa shape index (κ1) is 16.6. The van der Waals surface area contributed by atoms with Crippen molar-refractivity contribution < 1.29 is 19.4 Å². The molecule has 20 heavy (non-hydrogen) atoms. The standard InChI is InChI=1S/C15H22FNO3/c1-3-13(10-18)17(8-11(2)15(19)20)9-12-6-4-5-7-14(12)16/h4-7,11,13,18H,3,8-10H2,1-2H3,(H,19,20). The largest absolute Gasteiger partial charge is 0.481 e. The molecule has 1 aromatic carbocycles. The van der Waals surface area contributed by atoms with Crippen LogP contribution in [0.25, 0.3) is 0 Å². The van der Waals surface area contributed by atoms with Crippen LogP contribution in [0.2, 0.25) is 0 Å². The number of aliphatic hydroxyl groups is 1. The van der Waals surface area contributed by atoms with E-state index >= 15 is 0 Å². The van der Waals surface area contributed by atoms with E-state index in [4.69, 9.17) is 5.11 Å². The molecule has 2 atom stereocenters. The average Bonchev–Trinajstić information content (AvgIpc) is 2.42. The van der Waals surface area contributed by atoms with Gasteiger partial charge in [0, 0.05) is 24.7 Å². The van der Waals surface area contributed by atoms with E-state index < -0.39 is 11.9 Å². The minimum Gasteiger partial charge on any atom is -0.481 e. The fourth-order valence-electron chi connectivity index (χ4n) is 2.12. The summed E-state index contributed by atoms with van der Waals surface area (Å²) >= 11 is 0. The quantitative estimate of drug-likeness (QED) is 0.767. The van der Waals surface area contributed by atoms with Gasteiger partial charge in [-0.2, -0.15) is 0 Å². The molecule has 0 aromatic heterocycles. The van der Waals surface area contributed by atoms with E-state index in [-0.39, 0.29) is 25.0 Å².